The summed E-state index contributed by atoms with van der Waals surface area (Å²) >= 11 is 4.83. The zero-order valence-corrected chi connectivity index (χ0v) is 19.0. The maximum Gasteiger partial charge on any atom is 0.487 e. The fraction of sp³-hybridized carbons (Fsp3) is 0.545. The van der Waals surface area contributed by atoms with Gasteiger partial charge in [0.15, 0.2) is 6.61 Å². The summed E-state index contributed by atoms with van der Waals surface area (Å²) in [5, 5.41) is 3.36. The van der Waals surface area contributed by atoms with Crippen LogP contribution < -0.4 is 10.1 Å². The normalized spacial score (nSPS) is 19.1. The van der Waals surface area contributed by atoms with E-state index in [0.717, 1.165) is 11.3 Å². The van der Waals surface area contributed by atoms with Crippen LogP contribution in [0.2, 0.25) is 0 Å². The average Bonchev–Trinajstić information content (AvgIpc) is 3.05. The van der Waals surface area contributed by atoms with E-state index in [0.29, 0.717) is 36.6 Å². The van der Waals surface area contributed by atoms with E-state index in [1.807, 2.05) is 0 Å². The van der Waals surface area contributed by atoms with Crippen molar-refractivity contribution in [2.75, 3.05) is 13.2 Å². The number of aromatic nitrogens is 1. The van der Waals surface area contributed by atoms with Crippen LogP contribution in [0, 0.1) is 18.8 Å². The Kier molecular flexibility index (Phi) is 7.95. The van der Waals surface area contributed by atoms with Gasteiger partial charge in [0.25, 0.3) is 0 Å². The van der Waals surface area contributed by atoms with Gasteiger partial charge in [-0.1, -0.05) is 12.8 Å². The van der Waals surface area contributed by atoms with Crippen LogP contribution in [0.5, 0.6) is 5.75 Å². The third-order valence-electron chi connectivity index (χ3n) is 5.78. The molecule has 2 atom stereocenters. The Morgan fingerprint density at radius 1 is 1.15 bits per heavy atom. The molecular formula is C22H24ClF5N2O4. The number of aromatic amines is 1. The van der Waals surface area contributed by atoms with Crippen LogP contribution >= 0.6 is 11.6 Å². The van der Waals surface area contributed by atoms with Crippen molar-refractivity contribution in [3.63, 3.8) is 0 Å². The van der Waals surface area contributed by atoms with Gasteiger partial charge in [0, 0.05) is 34.7 Å². The van der Waals surface area contributed by atoms with Crippen LogP contribution in [0.25, 0.3) is 10.9 Å². The molecule has 0 aliphatic heterocycles. The number of halogens is 6. The number of H-pyrrole nitrogens is 1. The third-order valence-corrected chi connectivity index (χ3v) is 5.86. The number of carbonyl (C=O) groups excluding carboxylic acids is 2. The molecule has 2 unspecified atom stereocenters. The minimum Gasteiger partial charge on any atom is -0.456 e. The van der Waals surface area contributed by atoms with Crippen molar-refractivity contribution in [3.05, 3.63) is 29.5 Å². The van der Waals surface area contributed by atoms with Gasteiger partial charge in [-0.3, -0.25) is 9.59 Å². The molecule has 1 heterocycles. The largest absolute Gasteiger partial charge is 0.487 e. The topological polar surface area (TPSA) is 80.4 Å². The first-order chi connectivity index (χ1) is 15.8. The lowest BCUT2D eigenvalue weighted by atomic mass is 9.78. The number of carbonyl (C=O) groups is 2. The number of amides is 1. The number of fused-ring (bicyclic) bond motifs is 1. The van der Waals surface area contributed by atoms with Crippen molar-refractivity contribution in [2.24, 2.45) is 11.8 Å². The maximum absolute atomic E-state index is 13.0. The Balaban J connectivity index is 1.63. The molecule has 0 radical (unpaired) electrons. The lowest BCUT2D eigenvalue weighted by molar-refractivity contribution is -0.191. The molecule has 1 aromatic carbocycles. The minimum atomic E-state index is -4.64. The van der Waals surface area contributed by atoms with E-state index >= 15 is 0 Å². The zero-order chi connectivity index (χ0) is 25.1. The molecule has 2 N–H and O–H groups in total. The van der Waals surface area contributed by atoms with Gasteiger partial charge in [0.2, 0.25) is 5.91 Å². The second-order valence-corrected chi connectivity index (χ2v) is 8.69. The Bertz CT molecular complexity index is 1030. The molecule has 188 valence electrons. The number of benzene rings is 1. The van der Waals surface area contributed by atoms with Crippen molar-refractivity contribution >= 4 is 34.4 Å². The molecule has 1 fully saturated rings. The minimum absolute atomic E-state index is 0.126. The van der Waals surface area contributed by atoms with E-state index < -0.39 is 42.1 Å². The molecule has 12 heteroatoms. The zero-order valence-electron chi connectivity index (χ0n) is 18.2. The first-order valence-corrected chi connectivity index (χ1v) is 11.1. The number of hydrogen-bond donors (Lipinski definition) is 2. The fourth-order valence-corrected chi connectivity index (χ4v) is 4.40. The number of alkyl halides is 6. The van der Waals surface area contributed by atoms with E-state index in [9.17, 15) is 31.5 Å². The Morgan fingerprint density at radius 3 is 2.47 bits per heavy atom. The van der Waals surface area contributed by atoms with E-state index in [1.165, 1.54) is 12.1 Å². The molecule has 0 spiro atoms. The van der Waals surface area contributed by atoms with Crippen LogP contribution in [0.4, 0.5) is 22.0 Å². The summed E-state index contributed by atoms with van der Waals surface area (Å²) in [6.45, 7) is 0.281. The van der Waals surface area contributed by atoms with Gasteiger partial charge < -0.3 is 19.8 Å². The highest BCUT2D eigenvalue weighted by molar-refractivity contribution is 6.20. The van der Waals surface area contributed by atoms with Gasteiger partial charge in [0.1, 0.15) is 5.75 Å². The van der Waals surface area contributed by atoms with Gasteiger partial charge in [-0.05, 0) is 49.9 Å². The molecule has 34 heavy (non-hydrogen) atoms. The first kappa shape index (κ1) is 26.1. The monoisotopic (exact) mass is 510 g/mol. The molecule has 1 aliphatic rings. The smallest absolute Gasteiger partial charge is 0.456 e. The van der Waals surface area contributed by atoms with Crippen LogP contribution in [0.1, 0.15) is 36.9 Å². The summed E-state index contributed by atoms with van der Waals surface area (Å²) in [4.78, 5) is 28.0. The number of nitrogens with one attached hydrogen (secondary N) is 2. The van der Waals surface area contributed by atoms with Gasteiger partial charge in [-0.15, -0.1) is 8.78 Å². The predicted octanol–water partition coefficient (Wildman–Crippen LogP) is 5.21. The molecular weight excluding hydrogens is 487 g/mol. The second kappa shape index (κ2) is 10.4. The molecule has 0 bridgehead atoms. The molecule has 1 aromatic heterocycles. The second-order valence-electron chi connectivity index (χ2n) is 8.25. The van der Waals surface area contributed by atoms with Crippen molar-refractivity contribution in [1.82, 2.24) is 10.3 Å². The van der Waals surface area contributed by atoms with Crippen molar-refractivity contribution < 1.29 is 41.0 Å². The van der Waals surface area contributed by atoms with Crippen LogP contribution in [-0.2, 0) is 20.7 Å². The standard InChI is InChI=1S/C22H24ClF5N2O4/c1-12-14(17-10-13(34-22(23,27)28)6-7-18(17)30-12)8-9-29-19(31)15-4-2-3-5-16(15)20(32)33-11-21(24,25)26/h6-7,10,15-16,30H,2-5,8-9,11H2,1H3,(H,29,31). The van der Waals surface area contributed by atoms with Gasteiger partial charge in [-0.25, -0.2) is 0 Å². The molecule has 0 saturated heterocycles. The summed E-state index contributed by atoms with van der Waals surface area (Å²) < 4.78 is 71.9. The van der Waals surface area contributed by atoms with Crippen LogP contribution in [-0.4, -0.2) is 41.8 Å². The van der Waals surface area contributed by atoms with E-state index in [1.54, 1.807) is 13.0 Å². The summed E-state index contributed by atoms with van der Waals surface area (Å²) in [7, 11) is 0. The number of ether oxygens (including phenoxy) is 2. The Hall–Kier alpha value is -2.56. The van der Waals surface area contributed by atoms with E-state index in [-0.39, 0.29) is 18.7 Å². The molecule has 6 nitrogen and oxygen atoms in total. The van der Waals surface area contributed by atoms with Gasteiger partial charge >= 0.3 is 17.7 Å². The number of esters is 1. The van der Waals surface area contributed by atoms with Crippen LogP contribution in [0.3, 0.4) is 0 Å². The molecule has 2 aromatic rings. The van der Waals surface area contributed by atoms with Crippen LogP contribution in [0.15, 0.2) is 18.2 Å². The summed E-state index contributed by atoms with van der Waals surface area (Å²) in [6, 6.07) is 4.34. The number of hydrogen-bond acceptors (Lipinski definition) is 4. The summed E-state index contributed by atoms with van der Waals surface area (Å²) in [5.74, 6) is -3.28. The van der Waals surface area contributed by atoms with E-state index in [2.05, 4.69) is 19.8 Å². The highest BCUT2D eigenvalue weighted by Gasteiger charge is 2.39. The first-order valence-electron chi connectivity index (χ1n) is 10.7. The van der Waals surface area contributed by atoms with Crippen molar-refractivity contribution in [3.8, 4) is 5.75 Å². The Morgan fingerprint density at radius 2 is 1.82 bits per heavy atom. The van der Waals surface area contributed by atoms with Gasteiger partial charge in [-0.2, -0.15) is 13.2 Å². The summed E-state index contributed by atoms with van der Waals surface area (Å²) in [6.07, 6.45) is -2.34. The maximum atomic E-state index is 13.0. The molecule has 1 aliphatic carbocycles. The highest BCUT2D eigenvalue weighted by atomic mass is 35.5. The highest BCUT2D eigenvalue weighted by Crippen LogP contribution is 2.33. The number of rotatable bonds is 8. The molecule has 1 saturated carbocycles. The summed E-state index contributed by atoms with van der Waals surface area (Å²) in [5.41, 5.74) is -1.64. The predicted molar refractivity (Wildman–Crippen MR) is 114 cm³/mol. The lowest BCUT2D eigenvalue weighted by Gasteiger charge is -2.29. The lowest BCUT2D eigenvalue weighted by Crippen LogP contribution is -2.41. The molecule has 1 amide bonds. The molecule has 3 rings (SSSR count). The van der Waals surface area contributed by atoms with E-state index in [4.69, 9.17) is 11.6 Å². The third kappa shape index (κ3) is 6.97. The average molecular weight is 511 g/mol. The fourth-order valence-electron chi connectivity index (χ4n) is 4.31. The van der Waals surface area contributed by atoms with Gasteiger partial charge in [0.05, 0.1) is 11.8 Å². The van der Waals surface area contributed by atoms with Crippen molar-refractivity contribution in [2.45, 2.75) is 50.8 Å². The number of aryl methyl sites for hydroxylation is 1. The quantitative estimate of drug-likeness (QED) is 0.290. The Labute approximate surface area is 197 Å². The SMILES string of the molecule is Cc1[nH]c2ccc(OC(F)(F)Cl)cc2c1CCNC(=O)C1CCCCC1C(=O)OCC(F)(F)F. The van der Waals surface area contributed by atoms with Crippen molar-refractivity contribution in [1.29, 1.82) is 0 Å².